The van der Waals surface area contributed by atoms with Crippen LogP contribution in [0.5, 0.6) is 0 Å². The van der Waals surface area contributed by atoms with Crippen LogP contribution >= 0.6 is 0 Å². The number of aromatic nitrogens is 1. The first-order chi connectivity index (χ1) is 11.6. The molecule has 4 heteroatoms. The molecule has 0 radical (unpaired) electrons. The molecule has 1 heterocycles. The summed E-state index contributed by atoms with van der Waals surface area (Å²) in [6.07, 6.45) is 7.45. The van der Waals surface area contributed by atoms with Gasteiger partial charge in [0.1, 0.15) is 0 Å². The van der Waals surface area contributed by atoms with Gasteiger partial charge in [0.05, 0.1) is 11.2 Å². The number of hydrogen-bond donors (Lipinski definition) is 2. The van der Waals surface area contributed by atoms with Gasteiger partial charge in [-0.1, -0.05) is 17.7 Å². The first-order valence-corrected chi connectivity index (χ1v) is 8.71. The number of hydrogen-bond acceptors (Lipinski definition) is 3. The first kappa shape index (κ1) is 16.7. The van der Waals surface area contributed by atoms with Crippen LogP contribution in [-0.2, 0) is 11.3 Å². The molecule has 2 N–H and O–H groups in total. The minimum atomic E-state index is -0.0610. The van der Waals surface area contributed by atoms with Gasteiger partial charge in [-0.25, -0.2) is 0 Å². The highest BCUT2D eigenvalue weighted by Crippen LogP contribution is 2.21. The Morgan fingerprint density at radius 3 is 2.88 bits per heavy atom. The average molecular weight is 323 g/mol. The number of nitrogens with zero attached hydrogens (tertiary/aromatic N) is 1. The number of carbonyl (C=O) groups is 1. The van der Waals surface area contributed by atoms with Crippen molar-refractivity contribution < 1.29 is 4.79 Å². The lowest BCUT2D eigenvalue weighted by molar-refractivity contribution is -0.114. The van der Waals surface area contributed by atoms with Gasteiger partial charge in [0, 0.05) is 30.6 Å². The molecule has 1 aromatic carbocycles. The lowest BCUT2D eigenvalue weighted by Crippen LogP contribution is -2.28. The lowest BCUT2D eigenvalue weighted by atomic mass is 9.95. The van der Waals surface area contributed by atoms with Crippen molar-refractivity contribution in [3.63, 3.8) is 0 Å². The molecular formula is C20H25N3O. The molecule has 1 atom stereocenters. The van der Waals surface area contributed by atoms with Crippen molar-refractivity contribution >= 4 is 22.5 Å². The van der Waals surface area contributed by atoms with Gasteiger partial charge in [0.15, 0.2) is 0 Å². The van der Waals surface area contributed by atoms with Crippen molar-refractivity contribution in [2.24, 2.45) is 0 Å². The maximum atomic E-state index is 11.1. The largest absolute Gasteiger partial charge is 0.326 e. The van der Waals surface area contributed by atoms with E-state index in [1.54, 1.807) is 0 Å². The van der Waals surface area contributed by atoms with Crippen LogP contribution in [0.2, 0.25) is 0 Å². The second-order valence-corrected chi connectivity index (χ2v) is 6.52. The first-order valence-electron chi connectivity index (χ1n) is 8.71. The second-order valence-electron chi connectivity index (χ2n) is 6.52. The fraction of sp³-hybridized carbons (Fsp3) is 0.400. The highest BCUT2D eigenvalue weighted by atomic mass is 16.1. The van der Waals surface area contributed by atoms with Gasteiger partial charge in [0.2, 0.25) is 5.91 Å². The van der Waals surface area contributed by atoms with Gasteiger partial charge >= 0.3 is 0 Å². The molecule has 1 aliphatic rings. The van der Waals surface area contributed by atoms with E-state index in [-0.39, 0.29) is 5.91 Å². The Morgan fingerprint density at radius 2 is 2.12 bits per heavy atom. The van der Waals surface area contributed by atoms with Crippen LogP contribution in [-0.4, -0.2) is 16.9 Å². The smallest absolute Gasteiger partial charge is 0.221 e. The topological polar surface area (TPSA) is 54.0 Å². The van der Waals surface area contributed by atoms with E-state index in [2.05, 4.69) is 35.8 Å². The number of anilines is 1. The number of pyridine rings is 1. The zero-order valence-electron chi connectivity index (χ0n) is 14.4. The van der Waals surface area contributed by atoms with Crippen molar-refractivity contribution in [2.45, 2.75) is 52.1 Å². The van der Waals surface area contributed by atoms with E-state index in [4.69, 9.17) is 4.98 Å². The van der Waals surface area contributed by atoms with Crippen molar-refractivity contribution in [2.75, 3.05) is 5.32 Å². The summed E-state index contributed by atoms with van der Waals surface area (Å²) < 4.78 is 0. The number of benzene rings is 1. The molecule has 0 aliphatic heterocycles. The third-order valence-electron chi connectivity index (χ3n) is 4.54. The number of carbonyl (C=O) groups excluding carboxylic acids is 1. The van der Waals surface area contributed by atoms with Gasteiger partial charge < -0.3 is 10.6 Å². The molecular weight excluding hydrogens is 298 g/mol. The summed E-state index contributed by atoms with van der Waals surface area (Å²) in [7, 11) is 0. The van der Waals surface area contributed by atoms with Crippen LogP contribution in [0.1, 0.15) is 45.2 Å². The Balaban J connectivity index is 1.67. The number of rotatable bonds is 5. The van der Waals surface area contributed by atoms with E-state index < -0.39 is 0 Å². The molecule has 0 fully saturated rings. The van der Waals surface area contributed by atoms with Crippen LogP contribution in [0.3, 0.4) is 0 Å². The van der Waals surface area contributed by atoms with E-state index in [9.17, 15) is 4.79 Å². The van der Waals surface area contributed by atoms with Gasteiger partial charge in [-0.15, -0.1) is 0 Å². The molecule has 0 saturated heterocycles. The van der Waals surface area contributed by atoms with Crippen LogP contribution in [0.25, 0.3) is 10.9 Å². The van der Waals surface area contributed by atoms with Crippen LogP contribution < -0.4 is 10.6 Å². The van der Waals surface area contributed by atoms with E-state index in [0.717, 1.165) is 28.8 Å². The summed E-state index contributed by atoms with van der Waals surface area (Å²) in [6, 6.07) is 10.3. The third kappa shape index (κ3) is 4.20. The number of fused-ring (bicyclic) bond motifs is 1. The summed E-state index contributed by atoms with van der Waals surface area (Å²) in [6.45, 7) is 4.51. The zero-order chi connectivity index (χ0) is 16.9. The van der Waals surface area contributed by atoms with E-state index in [1.165, 1.54) is 38.2 Å². The van der Waals surface area contributed by atoms with Crippen molar-refractivity contribution in [1.29, 1.82) is 0 Å². The molecule has 0 saturated carbocycles. The zero-order valence-corrected chi connectivity index (χ0v) is 14.4. The molecule has 4 nitrogen and oxygen atoms in total. The molecule has 24 heavy (non-hydrogen) atoms. The quantitative estimate of drug-likeness (QED) is 0.812. The number of amides is 1. The minimum Gasteiger partial charge on any atom is -0.326 e. The van der Waals surface area contributed by atoms with Crippen LogP contribution in [0, 0.1) is 0 Å². The maximum absolute atomic E-state index is 11.1. The number of allylic oxidation sites excluding steroid dienone is 1. The average Bonchev–Trinajstić information content (AvgIpc) is 2.60. The normalized spacial score (nSPS) is 15.8. The molecule has 3 rings (SSSR count). The Hall–Kier alpha value is -2.20. The Labute approximate surface area is 143 Å². The highest BCUT2D eigenvalue weighted by molar-refractivity contribution is 5.92. The third-order valence-corrected chi connectivity index (χ3v) is 4.54. The Morgan fingerprint density at radius 1 is 1.25 bits per heavy atom. The van der Waals surface area contributed by atoms with E-state index in [0.29, 0.717) is 6.04 Å². The fourth-order valence-electron chi connectivity index (χ4n) is 3.19. The molecule has 0 spiro atoms. The fourth-order valence-corrected chi connectivity index (χ4v) is 3.19. The molecule has 2 aromatic rings. The SMILES string of the molecule is CC(=O)Nc1ccc2nc(CNC(C)C3=CCCCC3)ccc2c1. The van der Waals surface area contributed by atoms with Crippen LogP contribution in [0.15, 0.2) is 42.0 Å². The summed E-state index contributed by atoms with van der Waals surface area (Å²) in [5.74, 6) is -0.0610. The lowest BCUT2D eigenvalue weighted by Gasteiger charge is -2.20. The van der Waals surface area contributed by atoms with E-state index >= 15 is 0 Å². The van der Waals surface area contributed by atoms with Gasteiger partial charge in [-0.2, -0.15) is 0 Å². The van der Waals surface area contributed by atoms with Crippen molar-refractivity contribution in [3.05, 3.63) is 47.7 Å². The number of nitrogens with one attached hydrogen (secondary N) is 2. The molecule has 1 amide bonds. The summed E-state index contributed by atoms with van der Waals surface area (Å²) in [5, 5.41) is 7.42. The van der Waals surface area contributed by atoms with Gasteiger partial charge in [-0.05, 0) is 56.9 Å². The monoisotopic (exact) mass is 323 g/mol. The van der Waals surface area contributed by atoms with Gasteiger partial charge in [-0.3, -0.25) is 9.78 Å². The highest BCUT2D eigenvalue weighted by Gasteiger charge is 2.11. The summed E-state index contributed by atoms with van der Waals surface area (Å²) in [4.78, 5) is 15.9. The Kier molecular flexibility index (Phi) is 5.26. The molecule has 1 unspecified atom stereocenters. The summed E-state index contributed by atoms with van der Waals surface area (Å²) >= 11 is 0. The molecule has 1 aromatic heterocycles. The predicted octanol–water partition coefficient (Wildman–Crippen LogP) is 4.17. The summed E-state index contributed by atoms with van der Waals surface area (Å²) in [5.41, 5.74) is 4.33. The minimum absolute atomic E-state index is 0.0610. The van der Waals surface area contributed by atoms with Crippen molar-refractivity contribution in [3.8, 4) is 0 Å². The van der Waals surface area contributed by atoms with Gasteiger partial charge in [0.25, 0.3) is 0 Å². The maximum Gasteiger partial charge on any atom is 0.221 e. The standard InChI is InChI=1S/C20H25N3O/c1-14(16-6-4-3-5-7-16)21-13-19-9-8-17-12-18(22-15(2)24)10-11-20(17)23-19/h6,8-12,14,21H,3-5,7,13H2,1-2H3,(H,22,24). The molecule has 1 aliphatic carbocycles. The predicted molar refractivity (Wildman–Crippen MR) is 98.9 cm³/mol. The molecule has 126 valence electrons. The van der Waals surface area contributed by atoms with Crippen LogP contribution in [0.4, 0.5) is 5.69 Å². The second kappa shape index (κ2) is 7.58. The molecule has 0 bridgehead atoms. The Bertz CT molecular complexity index is 767. The van der Waals surface area contributed by atoms with Crippen molar-refractivity contribution in [1.82, 2.24) is 10.3 Å². The van der Waals surface area contributed by atoms with E-state index in [1.807, 2.05) is 18.2 Å².